The number of alkyl halides is 2. The number of sulfonamides is 1. The molecular formula is C7H13F2NO2S. The van der Waals surface area contributed by atoms with Gasteiger partial charge in [-0.05, 0) is 12.8 Å². The van der Waals surface area contributed by atoms with Crippen molar-refractivity contribution in [1.82, 2.24) is 4.72 Å². The zero-order chi connectivity index (χ0) is 10.1. The molecule has 1 rings (SSSR count). The predicted molar refractivity (Wildman–Crippen MR) is 45.2 cm³/mol. The highest BCUT2D eigenvalue weighted by Crippen LogP contribution is 2.33. The van der Waals surface area contributed by atoms with E-state index in [0.717, 1.165) is 6.26 Å². The molecule has 1 aliphatic carbocycles. The van der Waals surface area contributed by atoms with E-state index in [2.05, 4.69) is 4.72 Å². The Labute approximate surface area is 76.6 Å². The van der Waals surface area contributed by atoms with Gasteiger partial charge < -0.3 is 0 Å². The minimum absolute atomic E-state index is 0.222. The fourth-order valence-electron chi connectivity index (χ4n) is 1.46. The first kappa shape index (κ1) is 10.8. The summed E-state index contributed by atoms with van der Waals surface area (Å²) in [7, 11) is -3.26. The maximum atomic E-state index is 12.6. The monoisotopic (exact) mass is 213 g/mol. The second-order valence-electron chi connectivity index (χ2n) is 3.52. The van der Waals surface area contributed by atoms with Gasteiger partial charge in [0.1, 0.15) is 0 Å². The standard InChI is InChI=1S/C7H13F2NO2S/c1-13(11,12)10-6-2-4-7(8,9)5-3-6/h6,10H,2-5H2,1H3. The van der Waals surface area contributed by atoms with Crippen LogP contribution < -0.4 is 4.72 Å². The average Bonchev–Trinajstić information content (AvgIpc) is 1.91. The topological polar surface area (TPSA) is 46.2 Å². The molecule has 0 aromatic rings. The van der Waals surface area contributed by atoms with E-state index in [1.807, 2.05) is 0 Å². The summed E-state index contributed by atoms with van der Waals surface area (Å²) in [6.07, 6.45) is 1.04. The van der Waals surface area contributed by atoms with Crippen LogP contribution in [-0.4, -0.2) is 26.6 Å². The van der Waals surface area contributed by atoms with Gasteiger partial charge in [0, 0.05) is 18.9 Å². The second-order valence-corrected chi connectivity index (χ2v) is 5.30. The van der Waals surface area contributed by atoms with Gasteiger partial charge in [-0.3, -0.25) is 0 Å². The summed E-state index contributed by atoms with van der Waals surface area (Å²) in [6.45, 7) is 0. The first-order valence-corrected chi connectivity index (χ1v) is 6.03. The maximum absolute atomic E-state index is 12.6. The van der Waals surface area contributed by atoms with Crippen molar-refractivity contribution < 1.29 is 17.2 Å². The van der Waals surface area contributed by atoms with Crippen LogP contribution in [0.1, 0.15) is 25.7 Å². The highest BCUT2D eigenvalue weighted by molar-refractivity contribution is 7.88. The molecule has 0 atom stereocenters. The first-order valence-electron chi connectivity index (χ1n) is 4.14. The largest absolute Gasteiger partial charge is 0.248 e. The van der Waals surface area contributed by atoms with Crippen LogP contribution >= 0.6 is 0 Å². The third kappa shape index (κ3) is 3.99. The molecule has 1 N–H and O–H groups in total. The van der Waals surface area contributed by atoms with E-state index in [1.165, 1.54) is 0 Å². The van der Waals surface area contributed by atoms with Gasteiger partial charge in [-0.2, -0.15) is 0 Å². The van der Waals surface area contributed by atoms with Gasteiger partial charge >= 0.3 is 0 Å². The van der Waals surface area contributed by atoms with E-state index in [0.29, 0.717) is 0 Å². The van der Waals surface area contributed by atoms with E-state index in [9.17, 15) is 17.2 Å². The lowest BCUT2D eigenvalue weighted by Crippen LogP contribution is -2.39. The van der Waals surface area contributed by atoms with Crippen molar-refractivity contribution in [2.75, 3.05) is 6.26 Å². The van der Waals surface area contributed by atoms with Crippen molar-refractivity contribution in [3.05, 3.63) is 0 Å². The van der Waals surface area contributed by atoms with Gasteiger partial charge in [0.05, 0.1) is 6.26 Å². The SMILES string of the molecule is CS(=O)(=O)NC1CCC(F)(F)CC1. The summed E-state index contributed by atoms with van der Waals surface area (Å²) >= 11 is 0. The van der Waals surface area contributed by atoms with Crippen LogP contribution in [0.25, 0.3) is 0 Å². The van der Waals surface area contributed by atoms with E-state index in [1.54, 1.807) is 0 Å². The van der Waals surface area contributed by atoms with Gasteiger partial charge in [0.15, 0.2) is 0 Å². The van der Waals surface area contributed by atoms with Crippen molar-refractivity contribution in [3.63, 3.8) is 0 Å². The molecule has 1 aliphatic rings. The first-order chi connectivity index (χ1) is 5.79. The van der Waals surface area contributed by atoms with E-state index in [4.69, 9.17) is 0 Å². The predicted octanol–water partition coefficient (Wildman–Crippen LogP) is 1.11. The molecular weight excluding hydrogens is 200 g/mol. The molecule has 0 aliphatic heterocycles. The molecule has 3 nitrogen and oxygen atoms in total. The zero-order valence-electron chi connectivity index (χ0n) is 7.39. The van der Waals surface area contributed by atoms with Crippen molar-refractivity contribution >= 4 is 10.0 Å². The average molecular weight is 213 g/mol. The molecule has 0 bridgehead atoms. The lowest BCUT2D eigenvalue weighted by molar-refractivity contribution is -0.0387. The quantitative estimate of drug-likeness (QED) is 0.747. The third-order valence-electron chi connectivity index (χ3n) is 2.10. The summed E-state index contributed by atoms with van der Waals surface area (Å²) in [6, 6.07) is -0.311. The number of hydrogen-bond donors (Lipinski definition) is 1. The number of nitrogens with one attached hydrogen (secondary N) is 1. The van der Waals surface area contributed by atoms with Crippen molar-refractivity contribution in [2.24, 2.45) is 0 Å². The van der Waals surface area contributed by atoms with E-state index < -0.39 is 15.9 Å². The minimum Gasteiger partial charge on any atom is -0.213 e. The lowest BCUT2D eigenvalue weighted by atomic mass is 9.93. The fourth-order valence-corrected chi connectivity index (χ4v) is 2.30. The molecule has 78 valence electrons. The molecule has 0 unspecified atom stereocenters. The summed E-state index contributed by atoms with van der Waals surface area (Å²) in [5.41, 5.74) is 0. The molecule has 0 aromatic heterocycles. The van der Waals surface area contributed by atoms with Gasteiger partial charge in [-0.15, -0.1) is 0 Å². The van der Waals surface area contributed by atoms with Crippen LogP contribution in [0.5, 0.6) is 0 Å². The number of halogens is 2. The molecule has 13 heavy (non-hydrogen) atoms. The molecule has 0 amide bonds. The van der Waals surface area contributed by atoms with Gasteiger partial charge in [-0.1, -0.05) is 0 Å². The zero-order valence-corrected chi connectivity index (χ0v) is 8.20. The molecule has 0 heterocycles. The number of hydrogen-bond acceptors (Lipinski definition) is 2. The Bertz CT molecular complexity index is 266. The third-order valence-corrected chi connectivity index (χ3v) is 2.86. The molecule has 0 aromatic carbocycles. The Kier molecular flexibility index (Phi) is 2.91. The van der Waals surface area contributed by atoms with Crippen LogP contribution in [0.15, 0.2) is 0 Å². The van der Waals surface area contributed by atoms with Crippen molar-refractivity contribution in [3.8, 4) is 0 Å². The van der Waals surface area contributed by atoms with E-state index in [-0.39, 0.29) is 31.7 Å². The van der Waals surface area contributed by atoms with Crippen molar-refractivity contribution in [2.45, 2.75) is 37.6 Å². The minimum atomic E-state index is -3.26. The van der Waals surface area contributed by atoms with Crippen LogP contribution in [0.3, 0.4) is 0 Å². The van der Waals surface area contributed by atoms with Crippen LogP contribution in [0, 0.1) is 0 Å². The summed E-state index contributed by atoms with van der Waals surface area (Å²) in [5.74, 6) is -2.60. The number of rotatable bonds is 2. The second kappa shape index (κ2) is 3.49. The molecule has 0 spiro atoms. The Morgan fingerprint density at radius 3 is 2.15 bits per heavy atom. The maximum Gasteiger partial charge on any atom is 0.248 e. The Morgan fingerprint density at radius 2 is 1.77 bits per heavy atom. The summed E-state index contributed by atoms with van der Waals surface area (Å²) in [5, 5.41) is 0. The molecule has 0 radical (unpaired) electrons. The summed E-state index contributed by atoms with van der Waals surface area (Å²) < 4.78 is 49.1. The Balaban J connectivity index is 2.43. The van der Waals surface area contributed by atoms with Crippen LogP contribution in [-0.2, 0) is 10.0 Å². The van der Waals surface area contributed by atoms with Crippen LogP contribution in [0.2, 0.25) is 0 Å². The Hall–Kier alpha value is -0.230. The smallest absolute Gasteiger partial charge is 0.213 e. The molecule has 1 saturated carbocycles. The molecule has 0 saturated heterocycles. The summed E-state index contributed by atoms with van der Waals surface area (Å²) in [4.78, 5) is 0. The van der Waals surface area contributed by atoms with Gasteiger partial charge in [-0.25, -0.2) is 21.9 Å². The highest BCUT2D eigenvalue weighted by Gasteiger charge is 2.35. The van der Waals surface area contributed by atoms with Gasteiger partial charge in [0.2, 0.25) is 15.9 Å². The molecule has 1 fully saturated rings. The highest BCUT2D eigenvalue weighted by atomic mass is 32.2. The van der Waals surface area contributed by atoms with Crippen LogP contribution in [0.4, 0.5) is 8.78 Å². The van der Waals surface area contributed by atoms with E-state index >= 15 is 0 Å². The fraction of sp³-hybridized carbons (Fsp3) is 1.00. The molecule has 6 heteroatoms. The van der Waals surface area contributed by atoms with Gasteiger partial charge in [0.25, 0.3) is 0 Å². The lowest BCUT2D eigenvalue weighted by Gasteiger charge is -2.28. The van der Waals surface area contributed by atoms with Crippen molar-refractivity contribution in [1.29, 1.82) is 0 Å². The Morgan fingerprint density at radius 1 is 1.31 bits per heavy atom. The normalized spacial score (nSPS) is 24.5.